The predicted octanol–water partition coefficient (Wildman–Crippen LogP) is 2.70. The van der Waals surface area contributed by atoms with Crippen LogP contribution >= 0.6 is 12.4 Å². The third-order valence-electron chi connectivity index (χ3n) is 4.30. The van der Waals surface area contributed by atoms with Gasteiger partial charge in [-0.3, -0.25) is 4.98 Å². The quantitative estimate of drug-likeness (QED) is 0.937. The number of aromatic nitrogens is 1. The number of hydrogen-bond donors (Lipinski definition) is 1. The van der Waals surface area contributed by atoms with Crippen LogP contribution in [0.1, 0.15) is 17.5 Å². The summed E-state index contributed by atoms with van der Waals surface area (Å²) in [6, 6.07) is 11.6. The molecule has 2 unspecified atom stereocenters. The number of nitrogens with zero attached hydrogens (tertiary/aromatic N) is 2. The number of fused-ring (bicyclic) bond motifs is 1. The Morgan fingerprint density at radius 2 is 2.04 bits per heavy atom. The van der Waals surface area contributed by atoms with Gasteiger partial charge in [-0.2, -0.15) is 0 Å². The third-order valence-corrected chi connectivity index (χ3v) is 4.30. The second-order valence-corrected chi connectivity index (χ2v) is 6.10. The van der Waals surface area contributed by atoms with Gasteiger partial charge in [0.15, 0.2) is 0 Å². The summed E-state index contributed by atoms with van der Waals surface area (Å²) in [6.07, 6.45) is 4.27. The summed E-state index contributed by atoms with van der Waals surface area (Å²) in [5.41, 5.74) is 0.554. The highest BCUT2D eigenvalue weighted by molar-refractivity contribution is 5.85. The van der Waals surface area contributed by atoms with Crippen LogP contribution in [0.4, 0.5) is 0 Å². The first-order valence-electron chi connectivity index (χ1n) is 7.62. The summed E-state index contributed by atoms with van der Waals surface area (Å²) >= 11 is 0. The summed E-state index contributed by atoms with van der Waals surface area (Å²) in [5.74, 6) is 0.797. The van der Waals surface area contributed by atoms with Crippen LogP contribution in [0.3, 0.4) is 0 Å². The minimum Gasteiger partial charge on any atom is -0.493 e. The molecular weight excluding hydrogens is 312 g/mol. The maximum absolute atomic E-state index is 11.7. The van der Waals surface area contributed by atoms with Gasteiger partial charge in [-0.05, 0) is 32.6 Å². The standard InChI is InChI=1S/C18H22N2O2.ClH/c1-20(2)13-15-9-11-22-17-8-4-3-7-16(17)18(15,21)14-6-5-10-19-12-14;/h3-8,10,12,15,21H,9,11,13H2,1-2H3;1H. The number of halogens is 1. The van der Waals surface area contributed by atoms with Gasteiger partial charge >= 0.3 is 0 Å². The van der Waals surface area contributed by atoms with Crippen LogP contribution in [-0.4, -0.2) is 42.2 Å². The molecule has 3 rings (SSSR count). The Bertz CT molecular complexity index is 636. The molecule has 0 radical (unpaired) electrons. The molecule has 124 valence electrons. The number of ether oxygens (including phenoxy) is 1. The monoisotopic (exact) mass is 334 g/mol. The fourth-order valence-electron chi connectivity index (χ4n) is 3.29. The minimum absolute atomic E-state index is 0. The first-order valence-corrected chi connectivity index (χ1v) is 7.62. The summed E-state index contributed by atoms with van der Waals surface area (Å²) in [7, 11) is 4.06. The molecule has 2 atom stereocenters. The van der Waals surface area contributed by atoms with Gasteiger partial charge in [0.2, 0.25) is 0 Å². The average Bonchev–Trinajstić information content (AvgIpc) is 2.67. The zero-order chi connectivity index (χ0) is 15.6. The summed E-state index contributed by atoms with van der Waals surface area (Å²) < 4.78 is 5.88. The van der Waals surface area contributed by atoms with Crippen LogP contribution in [0.5, 0.6) is 5.75 Å². The van der Waals surface area contributed by atoms with Crippen LogP contribution < -0.4 is 4.74 Å². The van der Waals surface area contributed by atoms with E-state index in [-0.39, 0.29) is 18.3 Å². The van der Waals surface area contributed by atoms with E-state index in [1.54, 1.807) is 12.4 Å². The van der Waals surface area contributed by atoms with Crippen molar-refractivity contribution in [3.8, 4) is 5.75 Å². The van der Waals surface area contributed by atoms with Crippen molar-refractivity contribution in [2.45, 2.75) is 12.0 Å². The van der Waals surface area contributed by atoms with E-state index in [0.29, 0.717) is 6.61 Å². The Kier molecular flexibility index (Phi) is 5.63. The van der Waals surface area contributed by atoms with E-state index in [2.05, 4.69) is 9.88 Å². The lowest BCUT2D eigenvalue weighted by Crippen LogP contribution is -2.41. The van der Waals surface area contributed by atoms with Crippen LogP contribution in [0.25, 0.3) is 0 Å². The number of para-hydroxylation sites is 1. The van der Waals surface area contributed by atoms with E-state index < -0.39 is 5.60 Å². The van der Waals surface area contributed by atoms with Crippen molar-refractivity contribution in [3.63, 3.8) is 0 Å². The SMILES string of the molecule is CN(C)CC1CCOc2ccccc2C1(O)c1cccnc1.Cl. The zero-order valence-corrected chi connectivity index (χ0v) is 14.3. The number of rotatable bonds is 3. The molecule has 1 aliphatic rings. The van der Waals surface area contributed by atoms with Crippen molar-refractivity contribution in [3.05, 3.63) is 59.9 Å². The summed E-state index contributed by atoms with van der Waals surface area (Å²) in [4.78, 5) is 6.32. The smallest absolute Gasteiger partial charge is 0.125 e. The van der Waals surface area contributed by atoms with E-state index in [1.807, 2.05) is 50.5 Å². The molecule has 0 fully saturated rings. The zero-order valence-electron chi connectivity index (χ0n) is 13.5. The van der Waals surface area contributed by atoms with Crippen LogP contribution in [0, 0.1) is 5.92 Å². The highest BCUT2D eigenvalue weighted by Gasteiger charge is 2.43. The maximum atomic E-state index is 11.7. The summed E-state index contributed by atoms with van der Waals surface area (Å²) in [6.45, 7) is 1.39. The molecule has 1 aliphatic heterocycles. The molecule has 4 nitrogen and oxygen atoms in total. The van der Waals surface area contributed by atoms with Gasteiger partial charge in [0, 0.05) is 36.0 Å². The highest BCUT2D eigenvalue weighted by atomic mass is 35.5. The van der Waals surface area contributed by atoms with Gasteiger partial charge in [0.1, 0.15) is 11.4 Å². The lowest BCUT2D eigenvalue weighted by Gasteiger charge is -2.37. The molecule has 0 amide bonds. The van der Waals surface area contributed by atoms with Crippen molar-refractivity contribution in [2.75, 3.05) is 27.2 Å². The molecular formula is C18H23ClN2O2. The lowest BCUT2D eigenvalue weighted by atomic mass is 9.75. The second kappa shape index (κ2) is 7.30. The topological polar surface area (TPSA) is 45.6 Å². The van der Waals surface area contributed by atoms with Crippen LogP contribution in [-0.2, 0) is 5.60 Å². The Labute approximate surface area is 143 Å². The van der Waals surface area contributed by atoms with Crippen molar-refractivity contribution >= 4 is 12.4 Å². The molecule has 0 bridgehead atoms. The largest absolute Gasteiger partial charge is 0.493 e. The molecule has 1 N–H and O–H groups in total. The molecule has 2 aromatic rings. The Hall–Kier alpha value is -1.62. The molecule has 0 saturated heterocycles. The van der Waals surface area contributed by atoms with Gasteiger partial charge in [0.05, 0.1) is 6.61 Å². The summed E-state index contributed by atoms with van der Waals surface area (Å²) in [5, 5.41) is 11.7. The van der Waals surface area contributed by atoms with Crippen molar-refractivity contribution in [2.24, 2.45) is 5.92 Å². The Morgan fingerprint density at radius 3 is 2.74 bits per heavy atom. The molecule has 0 saturated carbocycles. The average molecular weight is 335 g/mol. The molecule has 2 heterocycles. The minimum atomic E-state index is -1.09. The second-order valence-electron chi connectivity index (χ2n) is 6.10. The Balaban J connectivity index is 0.00000192. The first-order chi connectivity index (χ1) is 10.6. The number of benzene rings is 1. The number of pyridine rings is 1. The van der Waals surface area contributed by atoms with Gasteiger partial charge in [0.25, 0.3) is 0 Å². The van der Waals surface area contributed by atoms with Gasteiger partial charge in [-0.1, -0.05) is 24.3 Å². The lowest BCUT2D eigenvalue weighted by molar-refractivity contribution is 0.00358. The van der Waals surface area contributed by atoms with Crippen molar-refractivity contribution in [1.29, 1.82) is 0 Å². The normalized spacial score (nSPS) is 23.4. The Morgan fingerprint density at radius 1 is 1.26 bits per heavy atom. The van der Waals surface area contributed by atoms with E-state index in [0.717, 1.165) is 29.8 Å². The van der Waals surface area contributed by atoms with E-state index in [4.69, 9.17) is 4.74 Å². The molecule has 0 spiro atoms. The van der Waals surface area contributed by atoms with E-state index in [1.165, 1.54) is 0 Å². The van der Waals surface area contributed by atoms with Gasteiger partial charge in [-0.25, -0.2) is 0 Å². The number of hydrogen-bond acceptors (Lipinski definition) is 4. The molecule has 5 heteroatoms. The number of aliphatic hydroxyl groups is 1. The molecule has 1 aromatic heterocycles. The van der Waals surface area contributed by atoms with Crippen LogP contribution in [0.2, 0.25) is 0 Å². The van der Waals surface area contributed by atoms with E-state index >= 15 is 0 Å². The van der Waals surface area contributed by atoms with Crippen molar-refractivity contribution < 1.29 is 9.84 Å². The van der Waals surface area contributed by atoms with Crippen LogP contribution in [0.15, 0.2) is 48.8 Å². The molecule has 0 aliphatic carbocycles. The predicted molar refractivity (Wildman–Crippen MR) is 93.1 cm³/mol. The maximum Gasteiger partial charge on any atom is 0.125 e. The molecule has 1 aromatic carbocycles. The first kappa shape index (κ1) is 17.7. The fraction of sp³-hybridized carbons (Fsp3) is 0.389. The molecule has 23 heavy (non-hydrogen) atoms. The van der Waals surface area contributed by atoms with Gasteiger partial charge < -0.3 is 14.7 Å². The van der Waals surface area contributed by atoms with Gasteiger partial charge in [-0.15, -0.1) is 12.4 Å². The van der Waals surface area contributed by atoms with Crippen molar-refractivity contribution in [1.82, 2.24) is 9.88 Å². The highest BCUT2D eigenvalue weighted by Crippen LogP contribution is 2.44. The van der Waals surface area contributed by atoms with E-state index in [9.17, 15) is 5.11 Å². The fourth-order valence-corrected chi connectivity index (χ4v) is 3.29. The third kappa shape index (κ3) is 3.34.